The second kappa shape index (κ2) is 7.27. The predicted molar refractivity (Wildman–Crippen MR) is 105 cm³/mol. The summed E-state index contributed by atoms with van der Waals surface area (Å²) in [6.45, 7) is 0.170. The Bertz CT molecular complexity index is 1020. The van der Waals surface area contributed by atoms with Crippen LogP contribution in [0.5, 0.6) is 11.5 Å². The summed E-state index contributed by atoms with van der Waals surface area (Å²) in [5.74, 6) is 1.15. The molecule has 0 saturated heterocycles. The van der Waals surface area contributed by atoms with Crippen molar-refractivity contribution in [1.82, 2.24) is 4.98 Å². The van der Waals surface area contributed by atoms with Crippen LogP contribution in [-0.4, -0.2) is 17.7 Å². The van der Waals surface area contributed by atoms with Gasteiger partial charge in [-0.1, -0.05) is 40.9 Å². The average molecular weight is 422 g/mol. The number of halogens is 3. The number of amides is 1. The van der Waals surface area contributed by atoms with E-state index in [0.717, 1.165) is 11.1 Å². The van der Waals surface area contributed by atoms with Crippen molar-refractivity contribution in [2.45, 2.75) is 0 Å². The molecule has 1 aliphatic rings. The van der Waals surface area contributed by atoms with Gasteiger partial charge in [0.25, 0.3) is 5.91 Å². The summed E-state index contributed by atoms with van der Waals surface area (Å²) >= 11 is 18.4. The van der Waals surface area contributed by atoms with Crippen LogP contribution in [0.3, 0.4) is 0 Å². The summed E-state index contributed by atoms with van der Waals surface area (Å²) < 4.78 is 10.7. The molecule has 3 aromatic rings. The molecule has 0 bridgehead atoms. The molecule has 5 nitrogen and oxygen atoms in total. The van der Waals surface area contributed by atoms with Crippen LogP contribution in [0.2, 0.25) is 15.1 Å². The summed E-state index contributed by atoms with van der Waals surface area (Å²) in [5, 5.41) is 3.73. The van der Waals surface area contributed by atoms with E-state index in [2.05, 4.69) is 10.3 Å². The largest absolute Gasteiger partial charge is 0.454 e. The van der Waals surface area contributed by atoms with Crippen molar-refractivity contribution in [1.29, 1.82) is 0 Å². The molecule has 27 heavy (non-hydrogen) atoms. The van der Waals surface area contributed by atoms with E-state index >= 15 is 0 Å². The minimum atomic E-state index is -0.438. The Balaban J connectivity index is 1.57. The SMILES string of the molecule is O=C(Nc1ccc(-c2cc3c(cc2Cl)OCO3)cn1)c1c(Cl)cccc1Cl. The van der Waals surface area contributed by atoms with Gasteiger partial charge in [-0.3, -0.25) is 4.79 Å². The predicted octanol–water partition coefficient (Wildman–Crippen LogP) is 5.69. The van der Waals surface area contributed by atoms with Crippen molar-refractivity contribution in [3.63, 3.8) is 0 Å². The van der Waals surface area contributed by atoms with E-state index in [1.54, 1.807) is 48.7 Å². The Morgan fingerprint density at radius 2 is 1.67 bits per heavy atom. The molecule has 4 rings (SSSR count). The average Bonchev–Trinajstić information content (AvgIpc) is 3.09. The van der Waals surface area contributed by atoms with Gasteiger partial charge in [0.05, 0.1) is 20.6 Å². The van der Waals surface area contributed by atoms with Gasteiger partial charge in [-0.05, 0) is 30.3 Å². The van der Waals surface area contributed by atoms with Gasteiger partial charge in [0, 0.05) is 23.4 Å². The molecule has 8 heteroatoms. The van der Waals surface area contributed by atoms with E-state index in [-0.39, 0.29) is 22.4 Å². The van der Waals surface area contributed by atoms with Crippen molar-refractivity contribution in [3.8, 4) is 22.6 Å². The molecule has 136 valence electrons. The fraction of sp³-hybridized carbons (Fsp3) is 0.0526. The summed E-state index contributed by atoms with van der Waals surface area (Å²) in [5.41, 5.74) is 1.72. The first kappa shape index (κ1) is 17.9. The van der Waals surface area contributed by atoms with Gasteiger partial charge in [0.15, 0.2) is 11.5 Å². The van der Waals surface area contributed by atoms with E-state index in [0.29, 0.717) is 22.3 Å². The minimum Gasteiger partial charge on any atom is -0.454 e. The molecule has 0 aliphatic carbocycles. The monoisotopic (exact) mass is 420 g/mol. The molecule has 0 unspecified atom stereocenters. The molecule has 2 heterocycles. The van der Waals surface area contributed by atoms with Gasteiger partial charge in [-0.15, -0.1) is 0 Å². The number of nitrogens with zero attached hydrogens (tertiary/aromatic N) is 1. The van der Waals surface area contributed by atoms with E-state index in [9.17, 15) is 4.79 Å². The Labute approximate surface area is 169 Å². The highest BCUT2D eigenvalue weighted by Gasteiger charge is 2.18. The maximum atomic E-state index is 12.4. The van der Waals surface area contributed by atoms with E-state index in [1.807, 2.05) is 0 Å². The van der Waals surface area contributed by atoms with Crippen LogP contribution in [-0.2, 0) is 0 Å². The first-order valence-corrected chi connectivity index (χ1v) is 8.97. The maximum absolute atomic E-state index is 12.4. The van der Waals surface area contributed by atoms with Crippen LogP contribution >= 0.6 is 34.8 Å². The lowest BCUT2D eigenvalue weighted by Crippen LogP contribution is -2.14. The Hall–Kier alpha value is -2.47. The number of nitrogens with one attached hydrogen (secondary N) is 1. The molecule has 0 radical (unpaired) electrons. The lowest BCUT2D eigenvalue weighted by atomic mass is 10.1. The number of anilines is 1. The molecule has 2 aromatic carbocycles. The lowest BCUT2D eigenvalue weighted by Gasteiger charge is -2.09. The molecule has 1 amide bonds. The Morgan fingerprint density at radius 3 is 2.33 bits per heavy atom. The second-order valence-electron chi connectivity index (χ2n) is 5.67. The molecule has 1 aromatic heterocycles. The van der Waals surface area contributed by atoms with E-state index in [4.69, 9.17) is 44.3 Å². The zero-order chi connectivity index (χ0) is 19.0. The Morgan fingerprint density at radius 1 is 0.963 bits per heavy atom. The molecular formula is C19H11Cl3N2O3. The number of carbonyl (C=O) groups excluding carboxylic acids is 1. The third-order valence-electron chi connectivity index (χ3n) is 3.97. The van der Waals surface area contributed by atoms with Crippen LogP contribution in [0.15, 0.2) is 48.7 Å². The molecular weight excluding hydrogens is 411 g/mol. The number of hydrogen-bond donors (Lipinski definition) is 1. The lowest BCUT2D eigenvalue weighted by molar-refractivity contribution is 0.102. The maximum Gasteiger partial charge on any atom is 0.259 e. The third-order valence-corrected chi connectivity index (χ3v) is 4.91. The number of benzene rings is 2. The standard InChI is InChI=1S/C19H11Cl3N2O3/c20-12-2-1-3-13(21)18(12)19(25)24-17-5-4-10(8-23-17)11-6-15-16(7-14(11)22)27-9-26-15/h1-8H,9H2,(H,23,24,25). The van der Waals surface area contributed by atoms with Gasteiger partial charge >= 0.3 is 0 Å². The van der Waals surface area contributed by atoms with Gasteiger partial charge in [0.1, 0.15) is 5.82 Å². The summed E-state index contributed by atoms with van der Waals surface area (Å²) in [6.07, 6.45) is 1.60. The van der Waals surface area contributed by atoms with Gasteiger partial charge in [-0.2, -0.15) is 0 Å². The Kier molecular flexibility index (Phi) is 4.83. The third kappa shape index (κ3) is 3.54. The van der Waals surface area contributed by atoms with Crippen molar-refractivity contribution < 1.29 is 14.3 Å². The van der Waals surface area contributed by atoms with Crippen LogP contribution in [0.4, 0.5) is 5.82 Å². The van der Waals surface area contributed by atoms with Crippen molar-refractivity contribution in [2.24, 2.45) is 0 Å². The highest BCUT2D eigenvalue weighted by atomic mass is 35.5. The first-order chi connectivity index (χ1) is 13.0. The second-order valence-corrected chi connectivity index (χ2v) is 6.89. The molecule has 0 fully saturated rings. The highest BCUT2D eigenvalue weighted by molar-refractivity contribution is 6.40. The summed E-state index contributed by atoms with van der Waals surface area (Å²) in [6, 6.07) is 11.8. The van der Waals surface area contributed by atoms with Gasteiger partial charge < -0.3 is 14.8 Å². The molecule has 1 aliphatic heterocycles. The topological polar surface area (TPSA) is 60.5 Å². The number of ether oxygens (including phenoxy) is 2. The van der Waals surface area contributed by atoms with Crippen molar-refractivity contribution >= 4 is 46.5 Å². The first-order valence-electron chi connectivity index (χ1n) is 7.84. The van der Waals surface area contributed by atoms with E-state index < -0.39 is 5.91 Å². The fourth-order valence-electron chi connectivity index (χ4n) is 2.66. The van der Waals surface area contributed by atoms with Crippen molar-refractivity contribution in [2.75, 3.05) is 12.1 Å². The smallest absolute Gasteiger partial charge is 0.259 e. The normalized spacial score (nSPS) is 12.1. The van der Waals surface area contributed by atoms with Crippen LogP contribution in [0.1, 0.15) is 10.4 Å². The van der Waals surface area contributed by atoms with Crippen LogP contribution in [0, 0.1) is 0 Å². The van der Waals surface area contributed by atoms with Gasteiger partial charge in [-0.25, -0.2) is 4.98 Å². The number of hydrogen-bond acceptors (Lipinski definition) is 4. The zero-order valence-corrected chi connectivity index (χ0v) is 15.9. The number of carbonyl (C=O) groups is 1. The molecule has 0 saturated carbocycles. The summed E-state index contributed by atoms with van der Waals surface area (Å²) in [4.78, 5) is 16.7. The molecule has 0 spiro atoms. The van der Waals surface area contributed by atoms with Crippen LogP contribution in [0.25, 0.3) is 11.1 Å². The van der Waals surface area contributed by atoms with Crippen LogP contribution < -0.4 is 14.8 Å². The number of aromatic nitrogens is 1. The number of pyridine rings is 1. The highest BCUT2D eigenvalue weighted by Crippen LogP contribution is 2.40. The number of rotatable bonds is 3. The number of fused-ring (bicyclic) bond motifs is 1. The minimum absolute atomic E-state index is 0.170. The quantitative estimate of drug-likeness (QED) is 0.590. The zero-order valence-electron chi connectivity index (χ0n) is 13.6. The van der Waals surface area contributed by atoms with Gasteiger partial charge in [0.2, 0.25) is 6.79 Å². The van der Waals surface area contributed by atoms with Crippen molar-refractivity contribution in [3.05, 3.63) is 69.3 Å². The van der Waals surface area contributed by atoms with E-state index in [1.165, 1.54) is 0 Å². The molecule has 0 atom stereocenters. The molecule has 1 N–H and O–H groups in total. The summed E-state index contributed by atoms with van der Waals surface area (Å²) in [7, 11) is 0. The fourth-order valence-corrected chi connectivity index (χ4v) is 3.49.